The summed E-state index contributed by atoms with van der Waals surface area (Å²) >= 11 is 0. The number of allylic oxidation sites excluding steroid dienone is 2. The van der Waals surface area contributed by atoms with Gasteiger partial charge in [-0.1, -0.05) is 67.5 Å². The number of hydrogen-bond acceptors (Lipinski definition) is 10. The van der Waals surface area contributed by atoms with E-state index in [4.69, 9.17) is 9.47 Å². The molecule has 0 aromatic heterocycles. The summed E-state index contributed by atoms with van der Waals surface area (Å²) in [6.45, 7) is 18.4. The molecule has 9 saturated carbocycles. The highest BCUT2D eigenvalue weighted by Gasteiger charge is 2.55. The molecule has 88 heavy (non-hydrogen) atoms. The van der Waals surface area contributed by atoms with Crippen molar-refractivity contribution in [3.8, 4) is 11.5 Å². The predicted octanol–water partition coefficient (Wildman–Crippen LogP) is 13.4. The quantitative estimate of drug-likeness (QED) is 0.107. The van der Waals surface area contributed by atoms with Gasteiger partial charge in [-0.25, -0.2) is 4.39 Å². The van der Waals surface area contributed by atoms with Crippen molar-refractivity contribution in [3.05, 3.63) is 121 Å². The van der Waals surface area contributed by atoms with Crippen LogP contribution >= 0.6 is 0 Å². The first-order chi connectivity index (χ1) is 43.0. The summed E-state index contributed by atoms with van der Waals surface area (Å²) in [5.74, 6) is 12.4. The summed E-state index contributed by atoms with van der Waals surface area (Å²) in [6, 6.07) is 32.2. The molecule has 14 aliphatic rings. The zero-order chi connectivity index (χ0) is 59.9. The molecule has 18 rings (SSSR count). The van der Waals surface area contributed by atoms with E-state index < -0.39 is 11.7 Å². The van der Waals surface area contributed by atoms with Crippen LogP contribution in [0.25, 0.3) is 0 Å². The highest BCUT2D eigenvalue weighted by atomic mass is 19.4. The molecule has 4 aromatic rings. The van der Waals surface area contributed by atoms with Gasteiger partial charge in [0.1, 0.15) is 17.3 Å². The van der Waals surface area contributed by atoms with Crippen LogP contribution in [0.3, 0.4) is 0 Å². The minimum absolute atomic E-state index is 0.0825. The maximum Gasteiger partial charge on any atom is 0.416 e. The van der Waals surface area contributed by atoms with Crippen LogP contribution in [0, 0.1) is 70.9 Å². The summed E-state index contributed by atoms with van der Waals surface area (Å²) in [7, 11) is 3.53. The Labute approximate surface area is 523 Å². The Bertz CT molecular complexity index is 2960. The van der Waals surface area contributed by atoms with Gasteiger partial charge in [0.25, 0.3) is 0 Å². The molecule has 14 heteroatoms. The first-order valence-corrected chi connectivity index (χ1v) is 34.8. The summed E-state index contributed by atoms with van der Waals surface area (Å²) in [6.07, 6.45) is 21.0. The maximum absolute atomic E-state index is 13.8. The number of methoxy groups -OCH3 is 2. The molecule has 14 unspecified atom stereocenters. The number of fused-ring (bicyclic) bond motifs is 6. The number of nitrogens with zero attached hydrogens (tertiary/aromatic N) is 8. The van der Waals surface area contributed by atoms with Gasteiger partial charge in [0.05, 0.1) is 36.8 Å². The normalized spacial score (nSPS) is 34.0. The third-order valence-electron chi connectivity index (χ3n) is 24.6. The molecule has 13 fully saturated rings. The Morgan fingerprint density at radius 1 is 0.443 bits per heavy atom. The average molecular weight is 1210 g/mol. The molecule has 0 amide bonds. The van der Waals surface area contributed by atoms with Crippen LogP contribution in [-0.2, 0) is 6.18 Å². The van der Waals surface area contributed by atoms with E-state index in [2.05, 4.69) is 87.7 Å². The number of hydrogen-bond donors (Lipinski definition) is 0. The molecular weight excluding hydrogens is 1110 g/mol. The number of anilines is 4. The van der Waals surface area contributed by atoms with E-state index in [9.17, 15) is 17.6 Å². The maximum atomic E-state index is 13.8. The van der Waals surface area contributed by atoms with Crippen LogP contribution in [0.5, 0.6) is 11.5 Å². The second-order valence-electron chi connectivity index (χ2n) is 29.2. The van der Waals surface area contributed by atoms with Gasteiger partial charge in [-0.3, -0.25) is 19.6 Å². The van der Waals surface area contributed by atoms with Gasteiger partial charge in [-0.15, -0.1) is 0 Å². The fourth-order valence-corrected chi connectivity index (χ4v) is 20.4. The highest BCUT2D eigenvalue weighted by Crippen LogP contribution is 2.60. The zero-order valence-corrected chi connectivity index (χ0v) is 52.8. The average Bonchev–Trinajstić information content (AvgIpc) is 2.00. The summed E-state index contributed by atoms with van der Waals surface area (Å²) < 4.78 is 63.7. The number of alkyl halides is 3. The molecule has 4 heterocycles. The fraction of sp³-hybridized carbons (Fsp3) is 0.649. The lowest BCUT2D eigenvalue weighted by Gasteiger charge is -2.45. The van der Waals surface area contributed by atoms with Crippen molar-refractivity contribution in [3.63, 3.8) is 0 Å². The second kappa shape index (κ2) is 26.7. The Kier molecular flexibility index (Phi) is 18.3. The fourth-order valence-electron chi connectivity index (χ4n) is 20.4. The third-order valence-corrected chi connectivity index (χ3v) is 24.6. The van der Waals surface area contributed by atoms with Crippen molar-refractivity contribution in [2.24, 2.45) is 65.1 Å². The van der Waals surface area contributed by atoms with Crippen molar-refractivity contribution in [2.75, 3.05) is 145 Å². The standard InChI is InChI=1S/C20H25F3N2.C19H26N2O.C18H26N2O.C17H23FN2/c21-20(22,23)16-2-1-3-17(12-16)24-4-6-25(7-5-24)19-15-9-13-8-14(11-15)18(19)10-13;1-22-19-5-3-2-4-18(19)21-10-8-20(9-11-21)14-17-13-15-6-7-16(17)12-15;1-21-18-5-3-2-4-16(18)19-8-10-20(11-9-19)17-13-14-6-7-15(17)12-14;18-15-3-1-2-4-16(15)19-7-9-20(10-8-19)17-12-13-5-6-14(17)11-13/h1-3,12-15,18-19H,4-11H2;2-7,15-17H,8-14H2,1H3;2-5,14-15,17H,6-13H2,1H3;1-4,13-14,17H,5-12H2. The predicted molar refractivity (Wildman–Crippen MR) is 347 cm³/mol. The molecule has 10 bridgehead atoms. The van der Waals surface area contributed by atoms with Gasteiger partial charge >= 0.3 is 6.18 Å². The number of para-hydroxylation sites is 5. The molecule has 10 aliphatic carbocycles. The van der Waals surface area contributed by atoms with Crippen LogP contribution in [0.15, 0.2) is 109 Å². The SMILES string of the molecule is COc1ccccc1N1CCN(C2CC3CCC2C3)CC1.COc1ccccc1N1CCN(CC2CC3C=CC2C3)CC1.FC(F)(F)c1cccc(N2CCN(C3C4CC5CC(C4)C3C5)CC2)c1.Fc1ccccc1N1CCN(C2CC3CCC2C3)CC1. The smallest absolute Gasteiger partial charge is 0.416 e. The summed E-state index contributed by atoms with van der Waals surface area (Å²) in [5, 5.41) is 0. The largest absolute Gasteiger partial charge is 0.495 e. The highest BCUT2D eigenvalue weighted by molar-refractivity contribution is 5.60. The number of halogens is 4. The molecule has 4 aromatic carbocycles. The van der Waals surface area contributed by atoms with E-state index in [1.807, 2.05) is 30.3 Å². The summed E-state index contributed by atoms with van der Waals surface area (Å²) in [5.41, 5.74) is 3.45. The number of benzene rings is 4. The molecule has 0 N–H and O–H groups in total. The molecule has 476 valence electrons. The monoisotopic (exact) mass is 1210 g/mol. The van der Waals surface area contributed by atoms with Gasteiger partial charge < -0.3 is 29.1 Å². The Morgan fingerprint density at radius 2 is 0.966 bits per heavy atom. The number of ether oxygens (including phenoxy) is 2. The van der Waals surface area contributed by atoms with Gasteiger partial charge in [0.2, 0.25) is 0 Å². The second-order valence-corrected chi connectivity index (χ2v) is 29.2. The summed E-state index contributed by atoms with van der Waals surface area (Å²) in [4.78, 5) is 20.1. The van der Waals surface area contributed by atoms with Crippen LogP contribution in [0.2, 0.25) is 0 Å². The van der Waals surface area contributed by atoms with Crippen LogP contribution in [0.4, 0.5) is 40.3 Å². The first kappa shape index (κ1) is 60.5. The number of piperazine rings is 4. The van der Waals surface area contributed by atoms with E-state index in [0.717, 1.165) is 185 Å². The van der Waals surface area contributed by atoms with Crippen molar-refractivity contribution in [1.82, 2.24) is 19.6 Å². The Morgan fingerprint density at radius 3 is 1.48 bits per heavy atom. The Hall–Kier alpha value is -5.02. The lowest BCUT2D eigenvalue weighted by molar-refractivity contribution is -0.137. The molecule has 0 radical (unpaired) electrons. The number of rotatable bonds is 11. The van der Waals surface area contributed by atoms with E-state index in [1.54, 1.807) is 26.4 Å². The van der Waals surface area contributed by atoms with Crippen LogP contribution < -0.4 is 29.1 Å². The topological polar surface area (TPSA) is 44.4 Å². The van der Waals surface area contributed by atoms with Gasteiger partial charge in [-0.05, 0) is 197 Å². The van der Waals surface area contributed by atoms with Crippen molar-refractivity contribution in [2.45, 2.75) is 114 Å². The molecule has 4 aliphatic heterocycles. The lowest BCUT2D eigenvalue weighted by atomic mass is 9.78. The first-order valence-electron chi connectivity index (χ1n) is 34.8. The van der Waals surface area contributed by atoms with Crippen LogP contribution in [0.1, 0.15) is 95.5 Å². The van der Waals surface area contributed by atoms with E-state index in [-0.39, 0.29) is 5.82 Å². The van der Waals surface area contributed by atoms with Crippen molar-refractivity contribution < 1.29 is 27.0 Å². The lowest BCUT2D eigenvalue weighted by Crippen LogP contribution is -2.54. The zero-order valence-electron chi connectivity index (χ0n) is 52.8. The molecule has 10 nitrogen and oxygen atoms in total. The third kappa shape index (κ3) is 13.1. The molecule has 0 spiro atoms. The minimum atomic E-state index is -4.26. The molecular formula is C74H100F4N8O2. The van der Waals surface area contributed by atoms with Gasteiger partial charge in [-0.2, -0.15) is 13.2 Å². The minimum Gasteiger partial charge on any atom is -0.495 e. The molecule has 4 saturated heterocycles. The van der Waals surface area contributed by atoms with Crippen molar-refractivity contribution in [1.29, 1.82) is 0 Å². The van der Waals surface area contributed by atoms with E-state index in [1.165, 1.54) is 146 Å². The van der Waals surface area contributed by atoms with E-state index in [0.29, 0.717) is 5.69 Å². The van der Waals surface area contributed by atoms with Crippen LogP contribution in [-0.4, -0.2) is 163 Å². The molecule has 14 atom stereocenters. The van der Waals surface area contributed by atoms with Gasteiger partial charge in [0.15, 0.2) is 0 Å². The van der Waals surface area contributed by atoms with Crippen molar-refractivity contribution >= 4 is 22.7 Å². The van der Waals surface area contributed by atoms with Gasteiger partial charge in [0, 0.05) is 135 Å². The van der Waals surface area contributed by atoms with E-state index >= 15 is 0 Å². The Balaban J connectivity index is 0.000000103.